The van der Waals surface area contributed by atoms with Crippen LogP contribution in [0.5, 0.6) is 17.2 Å². The van der Waals surface area contributed by atoms with Crippen LogP contribution in [0.3, 0.4) is 0 Å². The smallest absolute Gasteiger partial charge is 0.304 e. The molecule has 0 amide bonds. The summed E-state index contributed by atoms with van der Waals surface area (Å²) in [7, 11) is -3.16. The number of sulfonamides is 1. The lowest BCUT2D eigenvalue weighted by Gasteiger charge is -2.19. The number of hydrogen-bond donors (Lipinski definition) is 1. The van der Waals surface area contributed by atoms with Crippen LogP contribution in [0.25, 0.3) is 11.1 Å². The number of nitrogens with zero attached hydrogens (tertiary/aromatic N) is 1. The number of aryl methyl sites for hydroxylation is 2. The molecular weight excluding hydrogens is 561 g/mol. The summed E-state index contributed by atoms with van der Waals surface area (Å²) in [5, 5.41) is 9.16. The minimum Gasteiger partial charge on any atom is -0.492 e. The molecule has 3 aromatic carbocycles. The van der Waals surface area contributed by atoms with Gasteiger partial charge in [0.1, 0.15) is 35.8 Å². The van der Waals surface area contributed by atoms with Crippen LogP contribution in [0.15, 0.2) is 42.5 Å². The van der Waals surface area contributed by atoms with Gasteiger partial charge in [-0.05, 0) is 85.2 Å². The van der Waals surface area contributed by atoms with E-state index in [9.17, 15) is 13.2 Å². The van der Waals surface area contributed by atoms with Gasteiger partial charge in [0.15, 0.2) is 0 Å². The Morgan fingerprint density at radius 3 is 2.62 bits per heavy atom. The zero-order valence-corrected chi connectivity index (χ0v) is 24.5. The minimum absolute atomic E-state index is 0.00601. The van der Waals surface area contributed by atoms with Crippen molar-refractivity contribution in [3.05, 3.63) is 76.1 Å². The average molecular weight is 596 g/mol. The van der Waals surface area contributed by atoms with Gasteiger partial charge >= 0.3 is 5.97 Å². The second kappa shape index (κ2) is 11.2. The largest absolute Gasteiger partial charge is 0.492 e. The Bertz CT molecular complexity index is 1630. The first kappa shape index (κ1) is 28.5. The molecule has 42 heavy (non-hydrogen) atoms. The number of hydrogen-bond acceptors (Lipinski definition) is 6. The summed E-state index contributed by atoms with van der Waals surface area (Å²) in [6, 6.07) is 12.6. The van der Waals surface area contributed by atoms with E-state index >= 15 is 4.39 Å². The Labute approximate surface area is 245 Å². The average Bonchev–Trinajstić information content (AvgIpc) is 3.62. The number of carboxylic acids is 1. The first-order valence-electron chi connectivity index (χ1n) is 14.3. The number of carbonyl (C=O) groups is 1. The van der Waals surface area contributed by atoms with E-state index in [1.165, 1.54) is 10.4 Å². The zero-order chi connectivity index (χ0) is 29.6. The third-order valence-electron chi connectivity index (χ3n) is 8.43. The standard InChI is InChI=1S/C32H34FNO7S/c1-19-14-23(39-12-11-34-10-3-13-42(34,37)38)15-20(2)31(19)25-6-8-27(33)32-26(25)7-9-28(32)41-22-4-5-24-21(16-30(35)36)18-40-29(24)17-22/h4-6,8,14-15,17,21,28H,3,7,9-13,16,18H2,1-2H3,(H,35,36). The molecule has 3 aliphatic rings. The maximum absolute atomic E-state index is 15.3. The fourth-order valence-corrected chi connectivity index (χ4v) is 8.05. The summed E-state index contributed by atoms with van der Waals surface area (Å²) < 4.78 is 58.8. The molecule has 0 saturated carbocycles. The van der Waals surface area contributed by atoms with Gasteiger partial charge in [-0.15, -0.1) is 0 Å². The van der Waals surface area contributed by atoms with Crippen LogP contribution in [0, 0.1) is 19.7 Å². The molecule has 0 bridgehead atoms. The Morgan fingerprint density at radius 2 is 1.90 bits per heavy atom. The molecule has 2 aliphatic heterocycles. The Balaban J connectivity index is 1.20. The van der Waals surface area contributed by atoms with E-state index in [-0.39, 0.29) is 30.5 Å². The van der Waals surface area contributed by atoms with Crippen molar-refractivity contribution in [2.45, 2.75) is 51.6 Å². The lowest BCUT2D eigenvalue weighted by Crippen LogP contribution is -2.30. The monoisotopic (exact) mass is 595 g/mol. The predicted octanol–water partition coefficient (Wildman–Crippen LogP) is 5.54. The molecule has 0 spiro atoms. The van der Waals surface area contributed by atoms with Crippen LogP contribution in [0.1, 0.15) is 59.1 Å². The lowest BCUT2D eigenvalue weighted by molar-refractivity contribution is -0.137. The topological polar surface area (TPSA) is 102 Å². The van der Waals surface area contributed by atoms with Crippen molar-refractivity contribution in [1.29, 1.82) is 0 Å². The molecule has 1 N–H and O–H groups in total. The van der Waals surface area contributed by atoms with Crippen molar-refractivity contribution < 1.29 is 36.9 Å². The molecule has 10 heteroatoms. The van der Waals surface area contributed by atoms with Crippen molar-refractivity contribution in [1.82, 2.24) is 4.31 Å². The molecule has 2 unspecified atom stereocenters. The summed E-state index contributed by atoms with van der Waals surface area (Å²) in [6.45, 7) is 5.46. The Kier molecular flexibility index (Phi) is 7.61. The zero-order valence-electron chi connectivity index (χ0n) is 23.7. The second-order valence-corrected chi connectivity index (χ2v) is 13.4. The van der Waals surface area contributed by atoms with Crippen molar-refractivity contribution in [3.63, 3.8) is 0 Å². The highest BCUT2D eigenvalue weighted by Gasteiger charge is 2.32. The number of halogens is 1. The van der Waals surface area contributed by atoms with Gasteiger partial charge in [0, 0.05) is 36.2 Å². The van der Waals surface area contributed by atoms with E-state index in [4.69, 9.17) is 19.3 Å². The lowest BCUT2D eigenvalue weighted by atomic mass is 9.90. The fraction of sp³-hybridized carbons (Fsp3) is 0.406. The SMILES string of the molecule is Cc1cc(OCCN2CCCS2(=O)=O)cc(C)c1-c1ccc(F)c2c1CCC2Oc1ccc2c(c1)OCC2CC(=O)O. The van der Waals surface area contributed by atoms with Crippen LogP contribution >= 0.6 is 0 Å². The maximum atomic E-state index is 15.3. The van der Waals surface area contributed by atoms with Gasteiger partial charge in [0.25, 0.3) is 0 Å². The van der Waals surface area contributed by atoms with Gasteiger partial charge in [-0.2, -0.15) is 4.31 Å². The number of rotatable bonds is 9. The first-order valence-corrected chi connectivity index (χ1v) is 15.9. The molecule has 6 rings (SSSR count). The third-order valence-corrected chi connectivity index (χ3v) is 10.4. The van der Waals surface area contributed by atoms with Gasteiger partial charge in [-0.25, -0.2) is 12.8 Å². The van der Waals surface area contributed by atoms with E-state index < -0.39 is 22.1 Å². The third kappa shape index (κ3) is 5.45. The number of ether oxygens (including phenoxy) is 3. The van der Waals surface area contributed by atoms with Crippen molar-refractivity contribution in [3.8, 4) is 28.4 Å². The van der Waals surface area contributed by atoms with E-state index in [1.54, 1.807) is 12.1 Å². The van der Waals surface area contributed by atoms with E-state index in [2.05, 4.69) is 0 Å². The summed E-state index contributed by atoms with van der Waals surface area (Å²) in [5.74, 6) is 0.684. The van der Waals surface area contributed by atoms with Crippen LogP contribution in [0.2, 0.25) is 0 Å². The predicted molar refractivity (Wildman–Crippen MR) is 155 cm³/mol. The number of fused-ring (bicyclic) bond motifs is 2. The first-order chi connectivity index (χ1) is 20.1. The van der Waals surface area contributed by atoms with E-state index in [1.807, 2.05) is 38.1 Å². The molecular formula is C32H34FNO7S. The summed E-state index contributed by atoms with van der Waals surface area (Å²) in [5.41, 5.74) is 6.31. The fourth-order valence-electron chi connectivity index (χ4n) is 6.54. The molecule has 0 aromatic heterocycles. The van der Waals surface area contributed by atoms with E-state index in [0.29, 0.717) is 61.8 Å². The van der Waals surface area contributed by atoms with E-state index in [0.717, 1.165) is 33.4 Å². The highest BCUT2D eigenvalue weighted by Crippen LogP contribution is 2.45. The van der Waals surface area contributed by atoms with Gasteiger partial charge in [0.05, 0.1) is 18.8 Å². The normalized spacial score (nSPS) is 20.6. The molecule has 3 aromatic rings. The molecule has 8 nitrogen and oxygen atoms in total. The summed E-state index contributed by atoms with van der Waals surface area (Å²) in [6.07, 6.45) is 1.49. The molecule has 1 saturated heterocycles. The van der Waals surface area contributed by atoms with Crippen LogP contribution in [-0.4, -0.2) is 55.9 Å². The summed E-state index contributed by atoms with van der Waals surface area (Å²) >= 11 is 0. The van der Waals surface area contributed by atoms with Gasteiger partial charge < -0.3 is 19.3 Å². The summed E-state index contributed by atoms with van der Waals surface area (Å²) in [4.78, 5) is 11.2. The number of carboxylic acid groups (broad SMARTS) is 1. The molecule has 2 heterocycles. The van der Waals surface area contributed by atoms with Gasteiger partial charge in [0.2, 0.25) is 10.0 Å². The van der Waals surface area contributed by atoms with Gasteiger partial charge in [-0.1, -0.05) is 12.1 Å². The maximum Gasteiger partial charge on any atom is 0.304 e. The molecule has 0 radical (unpaired) electrons. The number of aliphatic carboxylic acids is 1. The highest BCUT2D eigenvalue weighted by molar-refractivity contribution is 7.89. The van der Waals surface area contributed by atoms with Crippen LogP contribution in [-0.2, 0) is 21.2 Å². The molecule has 222 valence electrons. The van der Waals surface area contributed by atoms with Gasteiger partial charge in [-0.3, -0.25) is 4.79 Å². The van der Waals surface area contributed by atoms with Crippen LogP contribution in [0.4, 0.5) is 4.39 Å². The number of benzene rings is 3. The Morgan fingerprint density at radius 1 is 1.12 bits per heavy atom. The minimum atomic E-state index is -3.16. The van der Waals surface area contributed by atoms with Crippen molar-refractivity contribution in [2.24, 2.45) is 0 Å². The molecule has 1 aliphatic carbocycles. The van der Waals surface area contributed by atoms with Crippen molar-refractivity contribution in [2.75, 3.05) is 32.1 Å². The highest BCUT2D eigenvalue weighted by atomic mass is 32.2. The quantitative estimate of drug-likeness (QED) is 0.347. The molecule has 2 atom stereocenters. The Hall–Kier alpha value is -3.63. The molecule has 1 fully saturated rings. The second-order valence-electron chi connectivity index (χ2n) is 11.3. The van der Waals surface area contributed by atoms with Crippen LogP contribution < -0.4 is 14.2 Å². The van der Waals surface area contributed by atoms with Crippen molar-refractivity contribution >= 4 is 16.0 Å².